The van der Waals surface area contributed by atoms with E-state index in [2.05, 4.69) is 4.98 Å². The van der Waals surface area contributed by atoms with E-state index in [1.165, 1.54) is 17.4 Å². The van der Waals surface area contributed by atoms with Crippen molar-refractivity contribution >= 4 is 23.4 Å². The van der Waals surface area contributed by atoms with E-state index in [0.29, 0.717) is 5.75 Å². The van der Waals surface area contributed by atoms with Crippen molar-refractivity contribution in [2.45, 2.75) is 0 Å². The number of hydrogen-bond acceptors (Lipinski definition) is 4. The van der Waals surface area contributed by atoms with Crippen LogP contribution in [-0.2, 0) is 4.79 Å². The number of ether oxygens (including phenoxy) is 1. The Bertz CT molecular complexity index is 477. The van der Waals surface area contributed by atoms with Crippen LogP contribution in [0.1, 0.15) is 5.69 Å². The molecule has 3 nitrogen and oxygen atoms in total. The van der Waals surface area contributed by atoms with Crippen molar-refractivity contribution in [2.24, 2.45) is 0 Å². The first kappa shape index (κ1) is 10.6. The topological polar surface area (TPSA) is 39.2 Å². The van der Waals surface area contributed by atoms with Crippen LogP contribution in [0.3, 0.4) is 0 Å². The Labute approximate surface area is 97.0 Å². The summed E-state index contributed by atoms with van der Waals surface area (Å²) in [5, 5.41) is 1.85. The molecule has 2 aromatic rings. The zero-order chi connectivity index (χ0) is 11.2. The van der Waals surface area contributed by atoms with Gasteiger partial charge in [0.05, 0.1) is 11.2 Å². The Morgan fingerprint density at radius 3 is 2.81 bits per heavy atom. The smallest absolute Gasteiger partial charge is 0.336 e. The third-order valence-corrected chi connectivity index (χ3v) is 2.41. The normalized spacial score (nSPS) is 10.5. The Morgan fingerprint density at radius 1 is 1.31 bits per heavy atom. The van der Waals surface area contributed by atoms with Gasteiger partial charge in [0.2, 0.25) is 0 Å². The molecule has 1 aromatic carbocycles. The minimum Gasteiger partial charge on any atom is -0.423 e. The van der Waals surface area contributed by atoms with Gasteiger partial charge >= 0.3 is 5.97 Å². The van der Waals surface area contributed by atoms with Crippen LogP contribution < -0.4 is 4.74 Å². The minimum atomic E-state index is -0.404. The maximum atomic E-state index is 11.4. The number of esters is 1. The van der Waals surface area contributed by atoms with Crippen molar-refractivity contribution in [3.05, 3.63) is 53.0 Å². The number of carbonyl (C=O) groups is 1. The van der Waals surface area contributed by atoms with Crippen LogP contribution in [0.15, 0.2) is 47.3 Å². The highest BCUT2D eigenvalue weighted by Gasteiger charge is 1.99. The lowest BCUT2D eigenvalue weighted by Crippen LogP contribution is -2.03. The molecule has 4 heteroatoms. The van der Waals surface area contributed by atoms with Gasteiger partial charge in [0.1, 0.15) is 5.75 Å². The molecule has 0 unspecified atom stereocenters. The van der Waals surface area contributed by atoms with Crippen molar-refractivity contribution in [3.63, 3.8) is 0 Å². The number of aromatic nitrogens is 1. The monoisotopic (exact) mass is 231 g/mol. The first-order chi connectivity index (χ1) is 7.84. The summed E-state index contributed by atoms with van der Waals surface area (Å²) < 4.78 is 5.06. The van der Waals surface area contributed by atoms with E-state index in [1.807, 2.05) is 23.6 Å². The molecule has 0 aliphatic heterocycles. The predicted molar refractivity (Wildman–Crippen MR) is 63.2 cm³/mol. The lowest BCUT2D eigenvalue weighted by Gasteiger charge is -1.98. The van der Waals surface area contributed by atoms with E-state index in [4.69, 9.17) is 4.74 Å². The van der Waals surface area contributed by atoms with Gasteiger partial charge in [-0.2, -0.15) is 0 Å². The molecule has 16 heavy (non-hydrogen) atoms. The summed E-state index contributed by atoms with van der Waals surface area (Å²) in [6, 6.07) is 8.95. The molecule has 0 fully saturated rings. The van der Waals surface area contributed by atoms with Crippen LogP contribution in [0.5, 0.6) is 5.75 Å². The quantitative estimate of drug-likeness (QED) is 0.463. The molecule has 0 saturated carbocycles. The summed E-state index contributed by atoms with van der Waals surface area (Å²) in [4.78, 5) is 15.4. The minimum absolute atomic E-state index is 0.404. The van der Waals surface area contributed by atoms with Crippen molar-refractivity contribution in [1.82, 2.24) is 4.98 Å². The highest BCUT2D eigenvalue weighted by atomic mass is 32.1. The number of hydrogen-bond donors (Lipinski definition) is 0. The largest absolute Gasteiger partial charge is 0.423 e. The number of rotatable bonds is 3. The van der Waals surface area contributed by atoms with Gasteiger partial charge in [-0.1, -0.05) is 18.2 Å². The van der Waals surface area contributed by atoms with E-state index >= 15 is 0 Å². The Hall–Kier alpha value is -1.94. The second-order valence-corrected chi connectivity index (χ2v) is 3.70. The summed E-state index contributed by atoms with van der Waals surface area (Å²) in [5.41, 5.74) is 2.47. The van der Waals surface area contributed by atoms with Gasteiger partial charge in [0.25, 0.3) is 0 Å². The highest BCUT2D eigenvalue weighted by Crippen LogP contribution is 2.09. The van der Waals surface area contributed by atoms with Gasteiger partial charge in [-0.25, -0.2) is 9.78 Å². The number of benzene rings is 1. The van der Waals surface area contributed by atoms with Crippen molar-refractivity contribution < 1.29 is 9.53 Å². The zero-order valence-corrected chi connectivity index (χ0v) is 9.18. The highest BCUT2D eigenvalue weighted by molar-refractivity contribution is 7.07. The van der Waals surface area contributed by atoms with Crippen molar-refractivity contribution in [2.75, 3.05) is 0 Å². The molecular formula is C12H9NO2S. The molecule has 1 heterocycles. The lowest BCUT2D eigenvalue weighted by atomic mass is 10.3. The number of carbonyl (C=O) groups excluding carboxylic acids is 1. The molecular weight excluding hydrogens is 222 g/mol. The van der Waals surface area contributed by atoms with Gasteiger partial charge in [-0.05, 0) is 18.2 Å². The van der Waals surface area contributed by atoms with Crippen LogP contribution in [-0.4, -0.2) is 11.0 Å². The summed E-state index contributed by atoms with van der Waals surface area (Å²) in [5.74, 6) is 0.134. The predicted octanol–water partition coefficient (Wildman–Crippen LogP) is 2.76. The molecule has 0 saturated heterocycles. The zero-order valence-electron chi connectivity index (χ0n) is 8.37. The standard InChI is InChI=1S/C12H9NO2S/c14-12(7-6-10-8-16-9-13-10)15-11-4-2-1-3-5-11/h1-9H. The third-order valence-electron chi connectivity index (χ3n) is 1.80. The first-order valence-electron chi connectivity index (χ1n) is 4.68. The summed E-state index contributed by atoms with van der Waals surface area (Å²) in [7, 11) is 0. The van der Waals surface area contributed by atoms with Crippen LogP contribution in [0, 0.1) is 0 Å². The molecule has 0 radical (unpaired) electrons. The van der Waals surface area contributed by atoms with Crippen LogP contribution >= 0.6 is 11.3 Å². The van der Waals surface area contributed by atoms with Gasteiger partial charge in [-0.15, -0.1) is 11.3 Å². The average Bonchev–Trinajstić information content (AvgIpc) is 2.81. The Kier molecular flexibility index (Phi) is 3.46. The molecule has 1 aromatic heterocycles. The Balaban J connectivity index is 1.95. The second kappa shape index (κ2) is 5.23. The SMILES string of the molecule is O=C(C=Cc1cscn1)Oc1ccccc1. The molecule has 0 N–H and O–H groups in total. The summed E-state index contributed by atoms with van der Waals surface area (Å²) >= 11 is 1.48. The molecule has 0 bridgehead atoms. The third kappa shape index (κ3) is 3.03. The number of nitrogens with zero attached hydrogens (tertiary/aromatic N) is 1. The van der Waals surface area contributed by atoms with Gasteiger partial charge in [-0.3, -0.25) is 0 Å². The molecule has 0 spiro atoms. The first-order valence-corrected chi connectivity index (χ1v) is 5.62. The molecule has 2 rings (SSSR count). The van der Waals surface area contributed by atoms with Crippen molar-refractivity contribution in [3.8, 4) is 5.75 Å². The fourth-order valence-electron chi connectivity index (χ4n) is 1.10. The number of thiazole rings is 1. The lowest BCUT2D eigenvalue weighted by molar-refractivity contribution is -0.128. The van der Waals surface area contributed by atoms with E-state index < -0.39 is 5.97 Å². The molecule has 0 aliphatic rings. The molecule has 0 amide bonds. The van der Waals surface area contributed by atoms with E-state index in [0.717, 1.165) is 5.69 Å². The Morgan fingerprint density at radius 2 is 2.12 bits per heavy atom. The fraction of sp³-hybridized carbons (Fsp3) is 0. The van der Waals surface area contributed by atoms with Crippen LogP contribution in [0.25, 0.3) is 6.08 Å². The van der Waals surface area contributed by atoms with E-state index in [9.17, 15) is 4.79 Å². The van der Waals surface area contributed by atoms with E-state index in [1.54, 1.807) is 23.7 Å². The van der Waals surface area contributed by atoms with Crippen LogP contribution in [0.4, 0.5) is 0 Å². The van der Waals surface area contributed by atoms with Crippen molar-refractivity contribution in [1.29, 1.82) is 0 Å². The maximum absolute atomic E-state index is 11.4. The molecule has 0 aliphatic carbocycles. The molecule has 80 valence electrons. The summed E-state index contributed by atoms with van der Waals surface area (Å²) in [6.45, 7) is 0. The summed E-state index contributed by atoms with van der Waals surface area (Å²) in [6.07, 6.45) is 2.99. The maximum Gasteiger partial charge on any atom is 0.336 e. The van der Waals surface area contributed by atoms with Gasteiger partial charge in [0.15, 0.2) is 0 Å². The van der Waals surface area contributed by atoms with Gasteiger partial charge in [0, 0.05) is 11.5 Å². The number of para-hydroxylation sites is 1. The second-order valence-electron chi connectivity index (χ2n) is 2.98. The fourth-order valence-corrected chi connectivity index (χ4v) is 1.62. The average molecular weight is 231 g/mol. The van der Waals surface area contributed by atoms with Crippen LogP contribution in [0.2, 0.25) is 0 Å². The van der Waals surface area contributed by atoms with Gasteiger partial charge < -0.3 is 4.74 Å². The molecule has 0 atom stereocenters. The van der Waals surface area contributed by atoms with E-state index in [-0.39, 0.29) is 0 Å².